The molecule has 0 bridgehead atoms. The van der Waals surface area contributed by atoms with Crippen LogP contribution in [0.1, 0.15) is 24.1 Å². The number of hydrogen-bond donors (Lipinski definition) is 3. The number of quaternary nitrogens is 1. The van der Waals surface area contributed by atoms with Crippen LogP contribution in [0.2, 0.25) is 0 Å². The van der Waals surface area contributed by atoms with Crippen LogP contribution in [0.4, 0.5) is 9.18 Å². The predicted molar refractivity (Wildman–Crippen MR) is 93.4 cm³/mol. The molecule has 0 saturated carbocycles. The average molecular weight is 344 g/mol. The molecule has 0 aliphatic carbocycles. The number of hydrogen-bond acceptors (Lipinski definition) is 2. The van der Waals surface area contributed by atoms with E-state index in [2.05, 4.69) is 10.6 Å². The van der Waals surface area contributed by atoms with Crippen molar-refractivity contribution in [2.75, 3.05) is 13.6 Å². The zero-order valence-corrected chi connectivity index (χ0v) is 14.4. The zero-order valence-electron chi connectivity index (χ0n) is 14.4. The second-order valence-corrected chi connectivity index (χ2v) is 5.85. The third-order valence-corrected chi connectivity index (χ3v) is 3.83. The summed E-state index contributed by atoms with van der Waals surface area (Å²) >= 11 is 0. The van der Waals surface area contributed by atoms with Gasteiger partial charge in [0.2, 0.25) is 0 Å². The van der Waals surface area contributed by atoms with Crippen LogP contribution < -0.4 is 15.5 Å². The average Bonchev–Trinajstić information content (AvgIpc) is 2.56. The van der Waals surface area contributed by atoms with Crippen molar-refractivity contribution in [1.82, 2.24) is 10.6 Å². The Labute approximate surface area is 146 Å². The van der Waals surface area contributed by atoms with Gasteiger partial charge in [-0.3, -0.25) is 10.1 Å². The molecule has 1 unspecified atom stereocenters. The summed E-state index contributed by atoms with van der Waals surface area (Å²) in [6, 6.07) is 14.4. The SMILES string of the molecule is CCNC(=O)NC(=O)[C@H](c1ccccc1)[NH+](C)Cc1cccc(F)c1. The Bertz CT molecular complexity index is 722. The maximum absolute atomic E-state index is 13.4. The summed E-state index contributed by atoms with van der Waals surface area (Å²) in [6.45, 7) is 2.65. The molecule has 0 aliphatic rings. The molecule has 3 N–H and O–H groups in total. The van der Waals surface area contributed by atoms with Crippen molar-refractivity contribution in [3.8, 4) is 0 Å². The lowest BCUT2D eigenvalue weighted by atomic mass is 10.0. The van der Waals surface area contributed by atoms with Gasteiger partial charge in [0, 0.05) is 17.7 Å². The fraction of sp³-hybridized carbons (Fsp3) is 0.263. The van der Waals surface area contributed by atoms with Gasteiger partial charge in [-0.2, -0.15) is 0 Å². The molecule has 0 heterocycles. The first-order chi connectivity index (χ1) is 12.0. The molecule has 2 atom stereocenters. The lowest BCUT2D eigenvalue weighted by Gasteiger charge is -2.24. The molecular weight excluding hydrogens is 321 g/mol. The van der Waals surface area contributed by atoms with Crippen molar-refractivity contribution in [1.29, 1.82) is 0 Å². The number of nitrogens with one attached hydrogen (secondary N) is 3. The minimum atomic E-state index is -0.591. The molecule has 6 heteroatoms. The fourth-order valence-electron chi connectivity index (χ4n) is 2.76. The Morgan fingerprint density at radius 1 is 1.12 bits per heavy atom. The molecule has 0 aromatic heterocycles. The molecule has 0 aliphatic heterocycles. The molecule has 0 saturated heterocycles. The van der Waals surface area contributed by atoms with E-state index in [0.717, 1.165) is 16.0 Å². The highest BCUT2D eigenvalue weighted by Crippen LogP contribution is 2.10. The number of imide groups is 1. The van der Waals surface area contributed by atoms with Crippen molar-refractivity contribution in [3.63, 3.8) is 0 Å². The number of amides is 3. The first-order valence-corrected chi connectivity index (χ1v) is 8.21. The third kappa shape index (κ3) is 5.39. The van der Waals surface area contributed by atoms with Crippen molar-refractivity contribution in [3.05, 3.63) is 71.5 Å². The van der Waals surface area contributed by atoms with E-state index in [1.165, 1.54) is 12.1 Å². The molecule has 0 spiro atoms. The van der Waals surface area contributed by atoms with E-state index in [9.17, 15) is 14.0 Å². The number of benzene rings is 2. The summed E-state index contributed by atoms with van der Waals surface area (Å²) in [5.74, 6) is -0.709. The summed E-state index contributed by atoms with van der Waals surface area (Å²) in [5, 5.41) is 4.92. The molecule has 132 valence electrons. The summed E-state index contributed by atoms with van der Waals surface area (Å²) in [4.78, 5) is 25.2. The lowest BCUT2D eigenvalue weighted by Crippen LogP contribution is -3.09. The van der Waals surface area contributed by atoms with Gasteiger partial charge in [0.05, 0.1) is 7.05 Å². The Morgan fingerprint density at radius 2 is 1.84 bits per heavy atom. The largest absolute Gasteiger partial charge is 0.338 e. The summed E-state index contributed by atoms with van der Waals surface area (Å²) in [7, 11) is 1.85. The van der Waals surface area contributed by atoms with E-state index >= 15 is 0 Å². The Morgan fingerprint density at radius 3 is 2.48 bits per heavy atom. The van der Waals surface area contributed by atoms with Gasteiger partial charge in [-0.1, -0.05) is 42.5 Å². The quantitative estimate of drug-likeness (QED) is 0.742. The van der Waals surface area contributed by atoms with E-state index in [1.807, 2.05) is 43.4 Å². The van der Waals surface area contributed by atoms with Gasteiger partial charge in [-0.25, -0.2) is 9.18 Å². The number of rotatable bonds is 6. The van der Waals surface area contributed by atoms with E-state index in [-0.39, 0.29) is 5.82 Å². The lowest BCUT2D eigenvalue weighted by molar-refractivity contribution is -0.916. The fourth-order valence-corrected chi connectivity index (χ4v) is 2.76. The normalized spacial score (nSPS) is 12.9. The van der Waals surface area contributed by atoms with Crippen LogP contribution in [0.25, 0.3) is 0 Å². The molecule has 0 fully saturated rings. The van der Waals surface area contributed by atoms with Crippen molar-refractivity contribution >= 4 is 11.9 Å². The van der Waals surface area contributed by atoms with Crippen LogP contribution in [0.5, 0.6) is 0 Å². The first kappa shape index (κ1) is 18.6. The number of halogens is 1. The second-order valence-electron chi connectivity index (χ2n) is 5.85. The number of carbonyl (C=O) groups excluding carboxylic acids is 2. The van der Waals surface area contributed by atoms with E-state index < -0.39 is 18.0 Å². The summed E-state index contributed by atoms with van der Waals surface area (Å²) in [5.41, 5.74) is 1.57. The standard InChI is InChI=1S/C19H22FN3O2/c1-3-21-19(25)22-18(24)17(15-9-5-4-6-10-15)23(2)13-14-8-7-11-16(20)12-14/h4-12,17H,3,13H2,1-2H3,(H2,21,22,24,25)/p+1/t17-/m0/s1. The van der Waals surface area contributed by atoms with Gasteiger partial charge in [0.1, 0.15) is 12.4 Å². The minimum Gasteiger partial charge on any atom is -0.338 e. The number of carbonyl (C=O) groups is 2. The second kappa shape index (κ2) is 8.94. The van der Waals surface area contributed by atoms with Crippen LogP contribution in [0, 0.1) is 5.82 Å². The van der Waals surface area contributed by atoms with Crippen LogP contribution in [0.3, 0.4) is 0 Å². The molecule has 25 heavy (non-hydrogen) atoms. The van der Waals surface area contributed by atoms with E-state index in [4.69, 9.17) is 0 Å². The van der Waals surface area contributed by atoms with Crippen LogP contribution in [-0.2, 0) is 11.3 Å². The molecule has 2 aromatic carbocycles. The molecule has 3 amide bonds. The Balaban J connectivity index is 2.21. The van der Waals surface area contributed by atoms with Crippen LogP contribution >= 0.6 is 0 Å². The predicted octanol–water partition coefficient (Wildman–Crippen LogP) is 1.43. The maximum Gasteiger partial charge on any atom is 0.321 e. The van der Waals surface area contributed by atoms with Gasteiger partial charge >= 0.3 is 6.03 Å². The molecular formula is C19H23FN3O2+. The molecule has 2 rings (SSSR count). The smallest absolute Gasteiger partial charge is 0.321 e. The van der Waals surface area contributed by atoms with Gasteiger partial charge in [0.15, 0.2) is 6.04 Å². The monoisotopic (exact) mass is 344 g/mol. The number of likely N-dealkylation sites (N-methyl/N-ethyl adjacent to an activating group) is 1. The maximum atomic E-state index is 13.4. The topological polar surface area (TPSA) is 62.6 Å². The Hall–Kier alpha value is -2.73. The van der Waals surface area contributed by atoms with Gasteiger partial charge in [0.25, 0.3) is 5.91 Å². The van der Waals surface area contributed by atoms with Crippen LogP contribution in [-0.4, -0.2) is 25.5 Å². The van der Waals surface area contributed by atoms with Crippen molar-refractivity contribution < 1.29 is 18.9 Å². The van der Waals surface area contributed by atoms with Gasteiger partial charge in [-0.15, -0.1) is 0 Å². The van der Waals surface area contributed by atoms with Crippen LogP contribution in [0.15, 0.2) is 54.6 Å². The van der Waals surface area contributed by atoms with E-state index in [0.29, 0.717) is 13.1 Å². The van der Waals surface area contributed by atoms with E-state index in [1.54, 1.807) is 13.0 Å². The van der Waals surface area contributed by atoms with Crippen molar-refractivity contribution in [2.45, 2.75) is 19.5 Å². The first-order valence-electron chi connectivity index (χ1n) is 8.21. The molecule has 2 aromatic rings. The zero-order chi connectivity index (χ0) is 18.2. The highest BCUT2D eigenvalue weighted by atomic mass is 19.1. The highest BCUT2D eigenvalue weighted by Gasteiger charge is 2.30. The number of urea groups is 1. The molecule has 0 radical (unpaired) electrons. The Kier molecular flexibility index (Phi) is 6.65. The minimum absolute atomic E-state index is 0.312. The summed E-state index contributed by atoms with van der Waals surface area (Å²) in [6.07, 6.45) is 0. The van der Waals surface area contributed by atoms with Gasteiger partial charge in [-0.05, 0) is 19.1 Å². The highest BCUT2D eigenvalue weighted by molar-refractivity contribution is 5.96. The van der Waals surface area contributed by atoms with Gasteiger partial charge < -0.3 is 10.2 Å². The van der Waals surface area contributed by atoms with Crippen molar-refractivity contribution in [2.24, 2.45) is 0 Å². The summed E-state index contributed by atoms with van der Waals surface area (Å²) < 4.78 is 13.4. The molecule has 5 nitrogen and oxygen atoms in total. The third-order valence-electron chi connectivity index (χ3n) is 3.83.